The zero-order chi connectivity index (χ0) is 16.4. The van der Waals surface area contributed by atoms with Gasteiger partial charge in [-0.2, -0.15) is 5.10 Å². The number of fused-ring (bicyclic) bond motifs is 1. The zero-order valence-electron chi connectivity index (χ0n) is 12.7. The van der Waals surface area contributed by atoms with Crippen LogP contribution < -0.4 is 10.9 Å². The van der Waals surface area contributed by atoms with E-state index in [1.54, 1.807) is 24.3 Å². The number of benzene rings is 1. The molecule has 8 heteroatoms. The SMILES string of the molecule is CC(C)Cc1nnc(NC(=O)c2n[nH]c(=O)c3ccccc23)s1. The lowest BCUT2D eigenvalue weighted by molar-refractivity contribution is 0.102. The van der Waals surface area contributed by atoms with Gasteiger partial charge in [-0.15, -0.1) is 10.2 Å². The van der Waals surface area contributed by atoms with Gasteiger partial charge in [0.05, 0.1) is 5.39 Å². The Bertz CT molecular complexity index is 915. The van der Waals surface area contributed by atoms with Crippen molar-refractivity contribution in [2.24, 2.45) is 5.92 Å². The summed E-state index contributed by atoms with van der Waals surface area (Å²) in [5, 5.41) is 19.1. The third kappa shape index (κ3) is 3.26. The molecule has 3 rings (SSSR count). The van der Waals surface area contributed by atoms with Crippen molar-refractivity contribution in [2.75, 3.05) is 5.32 Å². The van der Waals surface area contributed by atoms with Crippen molar-refractivity contribution in [2.45, 2.75) is 20.3 Å². The number of aromatic nitrogens is 4. The van der Waals surface area contributed by atoms with Gasteiger partial charge in [-0.1, -0.05) is 43.4 Å². The Morgan fingerprint density at radius 1 is 1.26 bits per heavy atom. The largest absolute Gasteiger partial charge is 0.295 e. The molecule has 0 bridgehead atoms. The van der Waals surface area contributed by atoms with Crippen molar-refractivity contribution in [3.05, 3.63) is 45.3 Å². The van der Waals surface area contributed by atoms with Crippen molar-refractivity contribution < 1.29 is 4.79 Å². The number of rotatable bonds is 4. The maximum atomic E-state index is 12.4. The molecule has 0 unspecified atom stereocenters. The quantitative estimate of drug-likeness (QED) is 0.764. The summed E-state index contributed by atoms with van der Waals surface area (Å²) < 4.78 is 0. The normalized spacial score (nSPS) is 11.1. The second kappa shape index (κ2) is 6.25. The van der Waals surface area contributed by atoms with Crippen LogP contribution in [0.15, 0.2) is 29.1 Å². The Morgan fingerprint density at radius 3 is 2.74 bits per heavy atom. The number of nitrogens with one attached hydrogen (secondary N) is 2. The van der Waals surface area contributed by atoms with Gasteiger partial charge in [-0.3, -0.25) is 14.9 Å². The highest BCUT2D eigenvalue weighted by atomic mass is 32.1. The first-order valence-corrected chi connectivity index (χ1v) is 7.97. The number of carbonyl (C=O) groups excluding carboxylic acids is 1. The fourth-order valence-corrected chi connectivity index (χ4v) is 3.13. The lowest BCUT2D eigenvalue weighted by Gasteiger charge is -2.03. The van der Waals surface area contributed by atoms with Gasteiger partial charge in [0, 0.05) is 11.8 Å². The molecule has 2 heterocycles. The predicted octanol–water partition coefficient (Wildman–Crippen LogP) is 2.23. The summed E-state index contributed by atoms with van der Waals surface area (Å²) >= 11 is 1.34. The van der Waals surface area contributed by atoms with Crippen LogP contribution in [-0.4, -0.2) is 26.3 Å². The molecule has 23 heavy (non-hydrogen) atoms. The van der Waals surface area contributed by atoms with Gasteiger partial charge in [0.15, 0.2) is 5.69 Å². The van der Waals surface area contributed by atoms with Crippen molar-refractivity contribution in [3.63, 3.8) is 0 Å². The summed E-state index contributed by atoms with van der Waals surface area (Å²) in [6.45, 7) is 4.19. The first-order chi connectivity index (χ1) is 11.0. The van der Waals surface area contributed by atoms with E-state index in [1.807, 2.05) is 0 Å². The molecule has 0 saturated heterocycles. The number of carbonyl (C=O) groups is 1. The molecule has 0 atom stereocenters. The summed E-state index contributed by atoms with van der Waals surface area (Å²) in [6, 6.07) is 6.84. The summed E-state index contributed by atoms with van der Waals surface area (Å²) in [4.78, 5) is 24.2. The average molecular weight is 329 g/mol. The standard InChI is InChI=1S/C15H15N5O2S/c1-8(2)7-11-17-20-15(23-11)16-14(22)12-9-5-3-4-6-10(9)13(21)19-18-12/h3-6,8H,7H2,1-2H3,(H,19,21)(H,16,20,22). The van der Waals surface area contributed by atoms with E-state index < -0.39 is 5.91 Å². The minimum Gasteiger partial charge on any atom is -0.295 e. The highest BCUT2D eigenvalue weighted by Gasteiger charge is 2.16. The highest BCUT2D eigenvalue weighted by Crippen LogP contribution is 2.20. The highest BCUT2D eigenvalue weighted by molar-refractivity contribution is 7.15. The Morgan fingerprint density at radius 2 is 2.00 bits per heavy atom. The molecule has 0 aliphatic heterocycles. The number of anilines is 1. The van der Waals surface area contributed by atoms with Crippen molar-refractivity contribution in [1.82, 2.24) is 20.4 Å². The van der Waals surface area contributed by atoms with E-state index in [1.165, 1.54) is 11.3 Å². The molecule has 0 radical (unpaired) electrons. The van der Waals surface area contributed by atoms with E-state index in [2.05, 4.69) is 39.6 Å². The van der Waals surface area contributed by atoms with E-state index in [-0.39, 0.29) is 11.3 Å². The first kappa shape index (κ1) is 15.3. The van der Waals surface area contributed by atoms with Gasteiger partial charge in [0.1, 0.15) is 5.01 Å². The molecular weight excluding hydrogens is 314 g/mol. The second-order valence-electron chi connectivity index (χ2n) is 5.50. The number of amides is 1. The molecule has 0 aliphatic carbocycles. The van der Waals surface area contributed by atoms with E-state index in [0.29, 0.717) is 21.8 Å². The summed E-state index contributed by atoms with van der Waals surface area (Å²) in [7, 11) is 0. The van der Waals surface area contributed by atoms with Gasteiger partial charge in [0.2, 0.25) is 5.13 Å². The molecule has 3 aromatic rings. The lowest BCUT2D eigenvalue weighted by Crippen LogP contribution is -2.19. The minimum absolute atomic E-state index is 0.154. The molecule has 0 aliphatic rings. The van der Waals surface area contributed by atoms with E-state index >= 15 is 0 Å². The number of aromatic amines is 1. The van der Waals surface area contributed by atoms with Crippen LogP contribution in [0.25, 0.3) is 10.8 Å². The Hall–Kier alpha value is -2.61. The van der Waals surface area contributed by atoms with E-state index in [9.17, 15) is 9.59 Å². The Labute approximate surface area is 135 Å². The van der Waals surface area contributed by atoms with E-state index in [0.717, 1.165) is 11.4 Å². The molecule has 2 aromatic heterocycles. The molecule has 0 saturated carbocycles. The van der Waals surface area contributed by atoms with Crippen LogP contribution in [0.5, 0.6) is 0 Å². The first-order valence-electron chi connectivity index (χ1n) is 7.15. The lowest BCUT2D eigenvalue weighted by atomic mass is 10.1. The maximum Gasteiger partial charge on any atom is 0.278 e. The van der Waals surface area contributed by atoms with Crippen molar-refractivity contribution in [1.29, 1.82) is 0 Å². The minimum atomic E-state index is -0.426. The molecule has 1 amide bonds. The van der Waals surface area contributed by atoms with Gasteiger partial charge in [0.25, 0.3) is 11.5 Å². The van der Waals surface area contributed by atoms with Gasteiger partial charge >= 0.3 is 0 Å². The Kier molecular flexibility index (Phi) is 4.16. The van der Waals surface area contributed by atoms with Crippen LogP contribution >= 0.6 is 11.3 Å². The molecule has 118 valence electrons. The van der Waals surface area contributed by atoms with Gasteiger partial charge < -0.3 is 0 Å². The predicted molar refractivity (Wildman–Crippen MR) is 88.8 cm³/mol. The second-order valence-corrected chi connectivity index (χ2v) is 6.56. The Balaban J connectivity index is 1.88. The third-order valence-electron chi connectivity index (χ3n) is 3.18. The van der Waals surface area contributed by atoms with Crippen LogP contribution in [0.1, 0.15) is 29.3 Å². The van der Waals surface area contributed by atoms with Gasteiger partial charge in [-0.25, -0.2) is 5.10 Å². The zero-order valence-corrected chi connectivity index (χ0v) is 13.5. The molecule has 0 spiro atoms. The topological polar surface area (TPSA) is 101 Å². The number of H-pyrrole nitrogens is 1. The van der Waals surface area contributed by atoms with Crippen LogP contribution in [0.4, 0.5) is 5.13 Å². The smallest absolute Gasteiger partial charge is 0.278 e. The summed E-state index contributed by atoms with van der Waals surface area (Å²) in [5.41, 5.74) is -0.173. The average Bonchev–Trinajstić information content (AvgIpc) is 2.94. The van der Waals surface area contributed by atoms with Gasteiger partial charge in [-0.05, 0) is 12.0 Å². The molecule has 0 fully saturated rings. The van der Waals surface area contributed by atoms with Crippen LogP contribution in [0, 0.1) is 5.92 Å². The molecule has 7 nitrogen and oxygen atoms in total. The molecule has 1 aromatic carbocycles. The number of hydrogen-bond donors (Lipinski definition) is 2. The van der Waals surface area contributed by atoms with Crippen LogP contribution in [0.3, 0.4) is 0 Å². The third-order valence-corrected chi connectivity index (χ3v) is 4.04. The van der Waals surface area contributed by atoms with E-state index in [4.69, 9.17) is 0 Å². The van der Waals surface area contributed by atoms with Crippen LogP contribution in [0.2, 0.25) is 0 Å². The fraction of sp³-hybridized carbons (Fsp3) is 0.267. The maximum absolute atomic E-state index is 12.4. The van der Waals surface area contributed by atoms with Crippen LogP contribution in [-0.2, 0) is 6.42 Å². The van der Waals surface area contributed by atoms with Crippen molar-refractivity contribution in [3.8, 4) is 0 Å². The summed E-state index contributed by atoms with van der Waals surface area (Å²) in [5.74, 6) is 0.0426. The summed E-state index contributed by atoms with van der Waals surface area (Å²) in [6.07, 6.45) is 0.813. The van der Waals surface area contributed by atoms with Crippen molar-refractivity contribution >= 4 is 33.1 Å². The monoisotopic (exact) mass is 329 g/mol. The number of hydrogen-bond acceptors (Lipinski definition) is 6. The number of nitrogens with zero attached hydrogens (tertiary/aromatic N) is 3. The molecular formula is C15H15N5O2S. The molecule has 2 N–H and O–H groups in total. The fourth-order valence-electron chi connectivity index (χ4n) is 2.18.